The van der Waals surface area contributed by atoms with Gasteiger partial charge in [0.25, 0.3) is 0 Å². The maximum atomic E-state index is 6.02. The second-order valence-corrected chi connectivity index (χ2v) is 4.99. The summed E-state index contributed by atoms with van der Waals surface area (Å²) in [6.45, 7) is 0. The molecular formula is C11H11Cl2N3. The third-order valence-electron chi connectivity index (χ3n) is 3.20. The van der Waals surface area contributed by atoms with E-state index in [4.69, 9.17) is 28.9 Å². The highest BCUT2D eigenvalue weighted by Crippen LogP contribution is 2.38. The van der Waals surface area contributed by atoms with Gasteiger partial charge in [-0.1, -0.05) is 23.2 Å². The van der Waals surface area contributed by atoms with Crippen LogP contribution in [-0.4, -0.2) is 9.55 Å². The molecule has 2 aromatic rings. The van der Waals surface area contributed by atoms with Gasteiger partial charge in [-0.3, -0.25) is 0 Å². The van der Waals surface area contributed by atoms with Crippen LogP contribution in [0.3, 0.4) is 0 Å². The number of rotatable bonds is 1. The van der Waals surface area contributed by atoms with Gasteiger partial charge in [-0.25, -0.2) is 4.98 Å². The highest BCUT2D eigenvalue weighted by molar-refractivity contribution is 6.42. The van der Waals surface area contributed by atoms with Crippen molar-refractivity contribution in [3.63, 3.8) is 0 Å². The monoisotopic (exact) mass is 255 g/mol. The van der Waals surface area contributed by atoms with Crippen molar-refractivity contribution < 1.29 is 0 Å². The Kier molecular flexibility index (Phi) is 2.26. The molecule has 0 aliphatic heterocycles. The predicted octanol–water partition coefficient (Wildman–Crippen LogP) is 3.65. The van der Waals surface area contributed by atoms with Crippen LogP contribution >= 0.6 is 23.2 Å². The van der Waals surface area contributed by atoms with E-state index in [0.29, 0.717) is 22.0 Å². The lowest BCUT2D eigenvalue weighted by molar-refractivity contribution is 0.324. The smallest absolute Gasteiger partial charge is 0.201 e. The van der Waals surface area contributed by atoms with Crippen molar-refractivity contribution in [2.45, 2.75) is 25.3 Å². The van der Waals surface area contributed by atoms with Crippen LogP contribution in [0, 0.1) is 0 Å². The molecule has 16 heavy (non-hydrogen) atoms. The van der Waals surface area contributed by atoms with Gasteiger partial charge in [-0.2, -0.15) is 0 Å². The lowest BCUT2D eigenvalue weighted by atomic mass is 9.93. The highest BCUT2D eigenvalue weighted by Gasteiger charge is 2.24. The summed E-state index contributed by atoms with van der Waals surface area (Å²) in [7, 11) is 0. The first-order valence-corrected chi connectivity index (χ1v) is 6.05. The van der Waals surface area contributed by atoms with E-state index < -0.39 is 0 Å². The molecule has 1 aromatic heterocycles. The van der Waals surface area contributed by atoms with Gasteiger partial charge in [0.05, 0.1) is 21.1 Å². The van der Waals surface area contributed by atoms with Crippen molar-refractivity contribution >= 4 is 40.2 Å². The molecular weight excluding hydrogens is 245 g/mol. The molecule has 5 heteroatoms. The summed E-state index contributed by atoms with van der Waals surface area (Å²) in [6, 6.07) is 4.09. The van der Waals surface area contributed by atoms with Crippen LogP contribution in [0.1, 0.15) is 25.3 Å². The Bertz CT molecular complexity index is 558. The van der Waals surface area contributed by atoms with Crippen molar-refractivity contribution in [1.82, 2.24) is 9.55 Å². The van der Waals surface area contributed by atoms with Gasteiger partial charge in [0.15, 0.2) is 0 Å². The molecule has 1 saturated carbocycles. The van der Waals surface area contributed by atoms with Crippen molar-refractivity contribution in [2.75, 3.05) is 5.73 Å². The van der Waals surface area contributed by atoms with Gasteiger partial charge >= 0.3 is 0 Å². The second-order valence-electron chi connectivity index (χ2n) is 4.18. The number of halogens is 2. The lowest BCUT2D eigenvalue weighted by Crippen LogP contribution is -2.18. The van der Waals surface area contributed by atoms with Crippen LogP contribution in [0.15, 0.2) is 12.1 Å². The number of hydrogen-bond acceptors (Lipinski definition) is 2. The number of imidazole rings is 1. The zero-order valence-corrected chi connectivity index (χ0v) is 10.1. The normalized spacial score (nSPS) is 16.6. The first kappa shape index (κ1) is 10.2. The zero-order chi connectivity index (χ0) is 11.3. The zero-order valence-electron chi connectivity index (χ0n) is 8.58. The molecule has 84 valence electrons. The Morgan fingerprint density at radius 1 is 1.25 bits per heavy atom. The summed E-state index contributed by atoms with van der Waals surface area (Å²) in [6.07, 6.45) is 3.58. The minimum Gasteiger partial charge on any atom is -0.369 e. The summed E-state index contributed by atoms with van der Waals surface area (Å²) in [4.78, 5) is 4.32. The van der Waals surface area contributed by atoms with Crippen molar-refractivity contribution in [3.8, 4) is 0 Å². The first-order chi connectivity index (χ1) is 7.66. The lowest BCUT2D eigenvalue weighted by Gasteiger charge is -2.28. The summed E-state index contributed by atoms with van der Waals surface area (Å²) in [5, 5.41) is 1.07. The van der Waals surface area contributed by atoms with E-state index in [1.54, 1.807) is 6.07 Å². The van der Waals surface area contributed by atoms with E-state index in [9.17, 15) is 0 Å². The number of fused-ring (bicyclic) bond motifs is 1. The van der Waals surface area contributed by atoms with Crippen LogP contribution in [0.5, 0.6) is 0 Å². The van der Waals surface area contributed by atoms with Crippen LogP contribution in [0.2, 0.25) is 10.0 Å². The predicted molar refractivity (Wildman–Crippen MR) is 67.1 cm³/mol. The molecule has 0 radical (unpaired) electrons. The van der Waals surface area contributed by atoms with E-state index in [1.165, 1.54) is 6.42 Å². The molecule has 1 aromatic carbocycles. The van der Waals surface area contributed by atoms with Crippen LogP contribution in [-0.2, 0) is 0 Å². The van der Waals surface area contributed by atoms with E-state index >= 15 is 0 Å². The van der Waals surface area contributed by atoms with E-state index in [1.807, 2.05) is 6.07 Å². The number of hydrogen-bond donors (Lipinski definition) is 1. The fourth-order valence-electron chi connectivity index (χ4n) is 2.14. The van der Waals surface area contributed by atoms with Gasteiger partial charge < -0.3 is 10.3 Å². The fourth-order valence-corrected chi connectivity index (χ4v) is 2.45. The summed E-state index contributed by atoms with van der Waals surface area (Å²) in [5.41, 5.74) is 7.73. The molecule has 0 amide bonds. The molecule has 0 atom stereocenters. The molecule has 0 spiro atoms. The molecule has 1 aliphatic carbocycles. The molecule has 0 bridgehead atoms. The maximum absolute atomic E-state index is 6.02. The van der Waals surface area contributed by atoms with Gasteiger partial charge in [0.2, 0.25) is 5.95 Å². The fraction of sp³-hybridized carbons (Fsp3) is 0.364. The van der Waals surface area contributed by atoms with Gasteiger partial charge in [-0.15, -0.1) is 0 Å². The quantitative estimate of drug-likeness (QED) is 0.846. The number of nitrogens with zero attached hydrogens (tertiary/aromatic N) is 2. The van der Waals surface area contributed by atoms with Gasteiger partial charge in [0, 0.05) is 6.04 Å². The average Bonchev–Trinajstić information content (AvgIpc) is 2.43. The maximum Gasteiger partial charge on any atom is 0.201 e. The Balaban J connectivity index is 2.26. The number of anilines is 1. The summed E-state index contributed by atoms with van der Waals surface area (Å²) < 4.78 is 2.07. The Labute approximate surface area is 103 Å². The first-order valence-electron chi connectivity index (χ1n) is 5.29. The Hall–Kier alpha value is -0.930. The largest absolute Gasteiger partial charge is 0.369 e. The molecule has 3 nitrogen and oxygen atoms in total. The third-order valence-corrected chi connectivity index (χ3v) is 3.92. The molecule has 1 aliphatic rings. The molecule has 1 heterocycles. The van der Waals surface area contributed by atoms with E-state index in [0.717, 1.165) is 23.9 Å². The van der Waals surface area contributed by atoms with Crippen LogP contribution in [0.25, 0.3) is 11.0 Å². The Morgan fingerprint density at radius 3 is 2.56 bits per heavy atom. The SMILES string of the molecule is Nc1nc2cc(Cl)c(Cl)cc2n1C1CCC1. The van der Waals surface area contributed by atoms with Crippen molar-refractivity contribution in [1.29, 1.82) is 0 Å². The van der Waals surface area contributed by atoms with E-state index in [2.05, 4.69) is 9.55 Å². The molecule has 3 rings (SSSR count). The number of aromatic nitrogens is 2. The van der Waals surface area contributed by atoms with E-state index in [-0.39, 0.29) is 0 Å². The average molecular weight is 256 g/mol. The molecule has 0 unspecified atom stereocenters. The van der Waals surface area contributed by atoms with Crippen LogP contribution < -0.4 is 5.73 Å². The molecule has 2 N–H and O–H groups in total. The highest BCUT2D eigenvalue weighted by atomic mass is 35.5. The minimum absolute atomic E-state index is 0.474. The van der Waals surface area contributed by atoms with Crippen molar-refractivity contribution in [2.24, 2.45) is 0 Å². The standard InChI is InChI=1S/C11H11Cl2N3/c12-7-4-9-10(5-8(7)13)16(11(14)15-9)6-2-1-3-6/h4-6H,1-3H2,(H2,14,15). The van der Waals surface area contributed by atoms with Gasteiger partial charge in [-0.05, 0) is 31.4 Å². The second kappa shape index (κ2) is 3.54. The number of benzene rings is 1. The minimum atomic E-state index is 0.474. The summed E-state index contributed by atoms with van der Waals surface area (Å²) in [5.74, 6) is 0.554. The van der Waals surface area contributed by atoms with Crippen LogP contribution in [0.4, 0.5) is 5.95 Å². The summed E-state index contributed by atoms with van der Waals surface area (Å²) >= 11 is 12.0. The third kappa shape index (κ3) is 1.39. The topological polar surface area (TPSA) is 43.8 Å². The molecule has 0 saturated heterocycles. The van der Waals surface area contributed by atoms with Gasteiger partial charge in [0.1, 0.15) is 0 Å². The molecule has 1 fully saturated rings. The van der Waals surface area contributed by atoms with Crippen molar-refractivity contribution in [3.05, 3.63) is 22.2 Å². The number of nitrogens with two attached hydrogens (primary N) is 1. The number of nitrogen functional groups attached to an aromatic ring is 1. The Morgan fingerprint density at radius 2 is 1.94 bits per heavy atom.